The lowest BCUT2D eigenvalue weighted by atomic mass is 9.92. The quantitative estimate of drug-likeness (QED) is 0.769. The van der Waals surface area contributed by atoms with E-state index in [-0.39, 0.29) is 0 Å². The lowest BCUT2D eigenvalue weighted by molar-refractivity contribution is 0.559. The summed E-state index contributed by atoms with van der Waals surface area (Å²) in [4.78, 5) is 3.83. The average molecular weight is 250 g/mol. The van der Waals surface area contributed by atoms with Crippen molar-refractivity contribution < 1.29 is 16.8 Å². The molecule has 0 bridgehead atoms. The Hall–Kier alpha value is -0.970. The van der Waals surface area contributed by atoms with Crippen LogP contribution in [-0.4, -0.2) is 21.6 Å². The lowest BCUT2D eigenvalue weighted by Crippen LogP contribution is -2.13. The molecule has 0 aromatic carbocycles. The van der Waals surface area contributed by atoms with E-state index in [1.807, 2.05) is 0 Å². The molecule has 1 aromatic rings. The second-order valence-corrected chi connectivity index (χ2v) is 5.60. The van der Waals surface area contributed by atoms with Crippen molar-refractivity contribution in [2.24, 2.45) is 4.36 Å². The minimum absolute atomic E-state index is 0.366. The van der Waals surface area contributed by atoms with Gasteiger partial charge in [-0.3, -0.25) is 0 Å². The summed E-state index contributed by atoms with van der Waals surface area (Å²) in [6.45, 7) is 5.34. The van der Waals surface area contributed by atoms with Crippen molar-refractivity contribution in [3.05, 3.63) is 23.6 Å². The molecule has 5 heteroatoms. The van der Waals surface area contributed by atoms with Gasteiger partial charge in [0.15, 0.2) is 11.6 Å². The molecule has 1 aromatic heterocycles. The molecule has 3 nitrogen and oxygen atoms in total. The van der Waals surface area contributed by atoms with Crippen LogP contribution in [0.4, 0.5) is 10.2 Å². The summed E-state index contributed by atoms with van der Waals surface area (Å²) in [7, 11) is -4.74. The molecule has 0 spiro atoms. The van der Waals surface area contributed by atoms with Crippen molar-refractivity contribution in [2.75, 3.05) is 12.4 Å². The van der Waals surface area contributed by atoms with Crippen LogP contribution in [0.15, 0.2) is 16.5 Å². The highest BCUT2D eigenvalue weighted by molar-refractivity contribution is 7.92. The summed E-state index contributed by atoms with van der Waals surface area (Å²) < 4.78 is 72.6. The van der Waals surface area contributed by atoms with E-state index in [4.69, 9.17) is 8.22 Å². The van der Waals surface area contributed by atoms with Crippen LogP contribution in [0.3, 0.4) is 0 Å². The first kappa shape index (κ1) is 6.69. The molecule has 1 heterocycles. The van der Waals surface area contributed by atoms with Gasteiger partial charge in [-0.25, -0.2) is 13.6 Å². The Balaban J connectivity index is 3.70. The largest absolute Gasteiger partial charge is 0.250 e. The van der Waals surface area contributed by atoms with Crippen LogP contribution in [-0.2, 0) is 15.1 Å². The van der Waals surface area contributed by atoms with Crippen LogP contribution >= 0.6 is 0 Å². The maximum Gasteiger partial charge on any atom is 0.197 e. The average Bonchev–Trinajstić information content (AvgIpc) is 2.27. The molecule has 0 unspecified atom stereocenters. The van der Waals surface area contributed by atoms with Crippen LogP contribution in [0, 0.1) is 5.82 Å². The number of halogens is 1. The summed E-state index contributed by atoms with van der Waals surface area (Å²) in [5.74, 6) is -1.81. The summed E-state index contributed by atoms with van der Waals surface area (Å²) in [5.41, 5.74) is -0.135. The molecule has 0 amide bonds. The van der Waals surface area contributed by atoms with Crippen LogP contribution in [0.5, 0.6) is 0 Å². The molecular formula is C11H17FN2OS. The monoisotopic (exact) mass is 250 g/mol. The van der Waals surface area contributed by atoms with Gasteiger partial charge in [0.25, 0.3) is 0 Å². The van der Waals surface area contributed by atoms with Crippen molar-refractivity contribution in [3.8, 4) is 0 Å². The third-order valence-electron chi connectivity index (χ3n) is 1.81. The highest BCUT2D eigenvalue weighted by Gasteiger charge is 2.17. The lowest BCUT2D eigenvalue weighted by Gasteiger charge is -2.17. The van der Waals surface area contributed by atoms with Gasteiger partial charge in [-0.15, -0.1) is 0 Å². The van der Waals surface area contributed by atoms with Crippen LogP contribution < -0.4 is 0 Å². The van der Waals surface area contributed by atoms with Gasteiger partial charge in [0, 0.05) is 41.4 Å². The standard InChI is InChI=1S/C11H17FN2OS/c1-11(2,3)9-7-6-8(12)10(13-9)14-16(4,5)15/h6-7H,1-5H3/i4D3,5D3. The fraction of sp³-hybridized carbons (Fsp3) is 0.545. The molecule has 0 aliphatic carbocycles. The van der Waals surface area contributed by atoms with Crippen molar-refractivity contribution >= 4 is 15.5 Å². The second kappa shape index (κ2) is 4.13. The van der Waals surface area contributed by atoms with Gasteiger partial charge in [0.05, 0.1) is 0 Å². The van der Waals surface area contributed by atoms with E-state index in [0.29, 0.717) is 5.69 Å². The summed E-state index contributed by atoms with van der Waals surface area (Å²) >= 11 is 0. The van der Waals surface area contributed by atoms with E-state index >= 15 is 0 Å². The van der Waals surface area contributed by atoms with Crippen LogP contribution in [0.2, 0.25) is 0 Å². The Labute approximate surface area is 105 Å². The van der Waals surface area contributed by atoms with Crippen LogP contribution in [0.1, 0.15) is 34.7 Å². The predicted octanol–water partition coefficient (Wildman–Crippen LogP) is 2.88. The fourth-order valence-corrected chi connectivity index (χ4v) is 1.41. The maximum absolute atomic E-state index is 13.8. The Morgan fingerprint density at radius 2 is 2.06 bits per heavy atom. The van der Waals surface area contributed by atoms with Gasteiger partial charge in [-0.1, -0.05) is 20.8 Å². The number of pyridine rings is 1. The highest BCUT2D eigenvalue weighted by Crippen LogP contribution is 2.24. The fourth-order valence-electron chi connectivity index (χ4n) is 1.03. The highest BCUT2D eigenvalue weighted by atomic mass is 32.2. The topological polar surface area (TPSA) is 42.3 Å². The Bertz CT molecular complexity index is 663. The third kappa shape index (κ3) is 3.56. The van der Waals surface area contributed by atoms with E-state index in [1.165, 1.54) is 6.07 Å². The first-order valence-corrected chi connectivity index (χ1v) is 6.04. The van der Waals surface area contributed by atoms with Crippen molar-refractivity contribution in [1.82, 2.24) is 4.98 Å². The Kier molecular flexibility index (Phi) is 1.72. The van der Waals surface area contributed by atoms with Crippen molar-refractivity contribution in [3.63, 3.8) is 0 Å². The van der Waals surface area contributed by atoms with E-state index in [9.17, 15) is 8.60 Å². The van der Waals surface area contributed by atoms with Gasteiger partial charge in [-0.05, 0) is 12.1 Å². The summed E-state index contributed by atoms with van der Waals surface area (Å²) in [5, 5.41) is 0. The van der Waals surface area contributed by atoms with E-state index < -0.39 is 39.1 Å². The molecule has 16 heavy (non-hydrogen) atoms. The van der Waals surface area contributed by atoms with Gasteiger partial charge in [-0.2, -0.15) is 4.36 Å². The van der Waals surface area contributed by atoms with Gasteiger partial charge >= 0.3 is 0 Å². The number of nitrogens with zero attached hydrogens (tertiary/aromatic N) is 2. The molecule has 0 saturated carbocycles. The number of hydrogen-bond acceptors (Lipinski definition) is 3. The molecule has 90 valence electrons. The SMILES string of the molecule is [2H]C([2H])([2H])S(=O)(=Nc1nc(C(C)(C)C)ccc1F)C([2H])([2H])[2H]. The van der Waals surface area contributed by atoms with Gasteiger partial charge < -0.3 is 0 Å². The van der Waals surface area contributed by atoms with Crippen molar-refractivity contribution in [2.45, 2.75) is 26.2 Å². The molecule has 0 aliphatic heterocycles. The minimum Gasteiger partial charge on any atom is -0.250 e. The smallest absolute Gasteiger partial charge is 0.197 e. The first-order valence-electron chi connectivity index (χ1n) is 7.53. The second-order valence-electron chi connectivity index (χ2n) is 4.37. The molecule has 1 rings (SSSR count). The van der Waals surface area contributed by atoms with E-state index in [0.717, 1.165) is 6.07 Å². The molecule has 0 saturated heterocycles. The zero-order valence-corrected chi connectivity index (χ0v) is 10.1. The number of rotatable bonds is 1. The van der Waals surface area contributed by atoms with Crippen molar-refractivity contribution in [1.29, 1.82) is 0 Å². The zero-order chi connectivity index (χ0) is 17.6. The molecule has 0 aliphatic rings. The van der Waals surface area contributed by atoms with E-state index in [1.54, 1.807) is 20.8 Å². The molecule has 0 N–H and O–H groups in total. The normalized spacial score (nSPS) is 19.8. The molecule has 0 atom stereocenters. The maximum atomic E-state index is 13.8. The number of hydrogen-bond donors (Lipinski definition) is 0. The molecule has 0 radical (unpaired) electrons. The van der Waals surface area contributed by atoms with Gasteiger partial charge in [0.1, 0.15) is 0 Å². The number of aromatic nitrogens is 1. The Morgan fingerprint density at radius 1 is 1.44 bits per heavy atom. The predicted molar refractivity (Wildman–Crippen MR) is 65.0 cm³/mol. The van der Waals surface area contributed by atoms with Gasteiger partial charge in [0.2, 0.25) is 0 Å². The van der Waals surface area contributed by atoms with Crippen LogP contribution in [0.25, 0.3) is 0 Å². The molecular weight excluding hydrogens is 227 g/mol. The first-order chi connectivity index (χ1) is 9.59. The molecule has 0 fully saturated rings. The third-order valence-corrected chi connectivity index (χ3v) is 2.24. The summed E-state index contributed by atoms with van der Waals surface area (Å²) in [6, 6.07) is 2.37. The summed E-state index contributed by atoms with van der Waals surface area (Å²) in [6.07, 6.45) is -6.80. The minimum atomic E-state index is -4.74. The Morgan fingerprint density at radius 3 is 2.56 bits per heavy atom. The van der Waals surface area contributed by atoms with E-state index in [2.05, 4.69) is 9.35 Å². The zero-order valence-electron chi connectivity index (χ0n) is 15.2.